The van der Waals surface area contributed by atoms with Crippen molar-refractivity contribution in [3.63, 3.8) is 0 Å². The Morgan fingerprint density at radius 1 is 0.964 bits per heavy atom. The minimum Gasteiger partial charge on any atom is -0.496 e. The minimum absolute atomic E-state index is 0.227. The maximum absolute atomic E-state index is 13.4. The van der Waals surface area contributed by atoms with Crippen molar-refractivity contribution in [2.24, 2.45) is 0 Å². The summed E-state index contributed by atoms with van der Waals surface area (Å²) < 4.78 is 42.2. The molecule has 0 saturated heterocycles. The number of anilines is 1. The fourth-order valence-electron chi connectivity index (χ4n) is 2.49. The van der Waals surface area contributed by atoms with Crippen LogP contribution in [0.15, 0.2) is 35.7 Å². The molecule has 0 radical (unpaired) electrons. The lowest BCUT2D eigenvalue weighted by Crippen LogP contribution is -2.13. The van der Waals surface area contributed by atoms with Crippen LogP contribution in [0.5, 0.6) is 17.2 Å². The van der Waals surface area contributed by atoms with E-state index in [-0.39, 0.29) is 5.56 Å². The first-order chi connectivity index (χ1) is 13.5. The van der Waals surface area contributed by atoms with E-state index >= 15 is 0 Å². The lowest BCUT2D eigenvalue weighted by atomic mass is 10.1. The average Bonchev–Trinajstić information content (AvgIpc) is 3.17. The molecule has 6 nitrogen and oxygen atoms in total. The molecule has 28 heavy (non-hydrogen) atoms. The van der Waals surface area contributed by atoms with E-state index in [2.05, 4.69) is 10.3 Å². The third kappa shape index (κ3) is 3.89. The number of carbonyl (C=O) groups excluding carboxylic acids is 1. The van der Waals surface area contributed by atoms with Gasteiger partial charge in [0.2, 0.25) is 0 Å². The normalized spacial score (nSPS) is 10.5. The van der Waals surface area contributed by atoms with Crippen LogP contribution in [-0.2, 0) is 0 Å². The molecule has 146 valence electrons. The molecule has 1 amide bonds. The molecule has 3 rings (SSSR count). The highest BCUT2D eigenvalue weighted by Crippen LogP contribution is 2.35. The molecule has 0 fully saturated rings. The summed E-state index contributed by atoms with van der Waals surface area (Å²) in [5.74, 6) is -1.28. The standard InChI is InChI=1S/C19H16F2N2O4S/c1-25-15-8-17(27-3)16(26-2)7-11(15)18(24)23-19-22-14(9-28-19)10-4-5-12(20)13(21)6-10/h4-9H,1-3H3,(H,22,23,24). The van der Waals surface area contributed by atoms with Crippen molar-refractivity contribution >= 4 is 22.4 Å². The van der Waals surface area contributed by atoms with Crippen molar-refractivity contribution in [1.82, 2.24) is 4.98 Å². The van der Waals surface area contributed by atoms with Gasteiger partial charge in [0.15, 0.2) is 28.3 Å². The molecule has 1 N–H and O–H groups in total. The summed E-state index contributed by atoms with van der Waals surface area (Å²) in [5, 5.41) is 4.59. The van der Waals surface area contributed by atoms with Gasteiger partial charge in [-0.3, -0.25) is 10.1 Å². The number of thiazole rings is 1. The van der Waals surface area contributed by atoms with Gasteiger partial charge in [0.1, 0.15) is 5.75 Å². The Morgan fingerprint density at radius 2 is 1.64 bits per heavy atom. The molecule has 1 heterocycles. The highest BCUT2D eigenvalue weighted by atomic mass is 32.1. The van der Waals surface area contributed by atoms with Crippen molar-refractivity contribution in [2.45, 2.75) is 0 Å². The number of nitrogens with zero attached hydrogens (tertiary/aromatic N) is 1. The first kappa shape index (κ1) is 19.6. The summed E-state index contributed by atoms with van der Waals surface area (Å²) in [6.45, 7) is 0. The van der Waals surface area contributed by atoms with E-state index in [0.717, 1.165) is 23.5 Å². The number of carbonyl (C=O) groups is 1. The predicted molar refractivity (Wildman–Crippen MR) is 102 cm³/mol. The van der Waals surface area contributed by atoms with E-state index in [1.54, 1.807) is 11.4 Å². The number of hydrogen-bond donors (Lipinski definition) is 1. The van der Waals surface area contributed by atoms with E-state index in [9.17, 15) is 13.6 Å². The number of rotatable bonds is 6. The Balaban J connectivity index is 1.86. The number of nitrogens with one attached hydrogen (secondary N) is 1. The largest absolute Gasteiger partial charge is 0.496 e. The van der Waals surface area contributed by atoms with Gasteiger partial charge < -0.3 is 14.2 Å². The Bertz CT molecular complexity index is 1020. The summed E-state index contributed by atoms with van der Waals surface area (Å²) in [7, 11) is 4.37. The molecule has 2 aromatic carbocycles. The zero-order chi connectivity index (χ0) is 20.3. The van der Waals surface area contributed by atoms with Gasteiger partial charge in [-0.25, -0.2) is 13.8 Å². The quantitative estimate of drug-likeness (QED) is 0.659. The Kier molecular flexibility index (Phi) is 5.74. The molecular formula is C19H16F2N2O4S. The Morgan fingerprint density at radius 3 is 2.29 bits per heavy atom. The molecule has 0 aliphatic rings. The van der Waals surface area contributed by atoms with Crippen LogP contribution in [0.3, 0.4) is 0 Å². The van der Waals surface area contributed by atoms with E-state index in [0.29, 0.717) is 33.6 Å². The van der Waals surface area contributed by atoms with Gasteiger partial charge >= 0.3 is 0 Å². The number of benzene rings is 2. The fraction of sp³-hybridized carbons (Fsp3) is 0.158. The molecule has 0 bridgehead atoms. The topological polar surface area (TPSA) is 69.7 Å². The molecule has 0 spiro atoms. The van der Waals surface area contributed by atoms with Gasteiger partial charge in [-0.05, 0) is 18.2 Å². The molecule has 0 saturated carbocycles. The van der Waals surface area contributed by atoms with Crippen molar-refractivity contribution in [3.05, 3.63) is 52.9 Å². The summed E-state index contributed by atoms with van der Waals surface area (Å²) in [5.41, 5.74) is 1.04. The number of methoxy groups -OCH3 is 3. The molecule has 0 atom stereocenters. The van der Waals surface area contributed by atoms with Gasteiger partial charge in [0, 0.05) is 23.1 Å². The van der Waals surface area contributed by atoms with E-state index in [1.807, 2.05) is 0 Å². The molecule has 0 aliphatic heterocycles. The van der Waals surface area contributed by atoms with Crippen LogP contribution in [0.2, 0.25) is 0 Å². The van der Waals surface area contributed by atoms with Crippen molar-refractivity contribution < 1.29 is 27.8 Å². The molecule has 3 aromatic rings. The number of halogens is 2. The molecular weight excluding hydrogens is 390 g/mol. The third-order valence-electron chi connectivity index (χ3n) is 3.89. The molecule has 9 heteroatoms. The van der Waals surface area contributed by atoms with Gasteiger partial charge in [0.25, 0.3) is 5.91 Å². The molecule has 0 aliphatic carbocycles. The minimum atomic E-state index is -0.967. The molecule has 1 aromatic heterocycles. The van der Waals surface area contributed by atoms with Crippen molar-refractivity contribution in [2.75, 3.05) is 26.6 Å². The summed E-state index contributed by atoms with van der Waals surface area (Å²) >= 11 is 1.15. The van der Waals surface area contributed by atoms with E-state index < -0.39 is 17.5 Å². The monoisotopic (exact) mass is 406 g/mol. The van der Waals surface area contributed by atoms with E-state index in [1.165, 1.54) is 33.5 Å². The van der Waals surface area contributed by atoms with Gasteiger partial charge in [0.05, 0.1) is 32.6 Å². The number of aromatic nitrogens is 1. The number of ether oxygens (including phenoxy) is 3. The lowest BCUT2D eigenvalue weighted by molar-refractivity contribution is 0.102. The van der Waals surface area contributed by atoms with Crippen LogP contribution in [0.4, 0.5) is 13.9 Å². The lowest BCUT2D eigenvalue weighted by Gasteiger charge is -2.13. The van der Waals surface area contributed by atoms with Crippen LogP contribution < -0.4 is 19.5 Å². The maximum atomic E-state index is 13.4. The van der Waals surface area contributed by atoms with Crippen LogP contribution in [0.1, 0.15) is 10.4 Å². The second-order valence-corrected chi connectivity index (χ2v) is 6.39. The summed E-state index contributed by atoms with van der Waals surface area (Å²) in [4.78, 5) is 16.9. The maximum Gasteiger partial charge on any atom is 0.261 e. The van der Waals surface area contributed by atoms with Gasteiger partial charge in [-0.15, -0.1) is 11.3 Å². The Hall–Kier alpha value is -3.20. The number of hydrogen-bond acceptors (Lipinski definition) is 6. The van der Waals surface area contributed by atoms with E-state index in [4.69, 9.17) is 14.2 Å². The van der Waals surface area contributed by atoms with Crippen molar-refractivity contribution in [1.29, 1.82) is 0 Å². The molecule has 0 unspecified atom stereocenters. The summed E-state index contributed by atoms with van der Waals surface area (Å²) in [6.07, 6.45) is 0. The highest BCUT2D eigenvalue weighted by Gasteiger charge is 2.19. The van der Waals surface area contributed by atoms with Crippen LogP contribution in [0, 0.1) is 11.6 Å². The van der Waals surface area contributed by atoms with Gasteiger partial charge in [-0.2, -0.15) is 0 Å². The van der Waals surface area contributed by atoms with Gasteiger partial charge in [-0.1, -0.05) is 0 Å². The SMILES string of the molecule is COc1cc(OC)c(C(=O)Nc2nc(-c3ccc(F)c(F)c3)cs2)cc1OC. The second kappa shape index (κ2) is 8.22. The smallest absolute Gasteiger partial charge is 0.261 e. The van der Waals surface area contributed by atoms with Crippen LogP contribution in [-0.4, -0.2) is 32.2 Å². The van der Waals surface area contributed by atoms with Crippen molar-refractivity contribution in [3.8, 4) is 28.5 Å². The first-order valence-corrected chi connectivity index (χ1v) is 8.87. The third-order valence-corrected chi connectivity index (χ3v) is 4.65. The zero-order valence-electron chi connectivity index (χ0n) is 15.2. The Labute approximate surface area is 163 Å². The second-order valence-electron chi connectivity index (χ2n) is 5.53. The first-order valence-electron chi connectivity index (χ1n) is 7.99. The predicted octanol–water partition coefficient (Wildman–Crippen LogP) is 4.37. The average molecular weight is 406 g/mol. The van der Waals surface area contributed by atoms with Crippen LogP contribution >= 0.6 is 11.3 Å². The highest BCUT2D eigenvalue weighted by molar-refractivity contribution is 7.14. The number of amides is 1. The fourth-order valence-corrected chi connectivity index (χ4v) is 3.21. The zero-order valence-corrected chi connectivity index (χ0v) is 16.0. The summed E-state index contributed by atoms with van der Waals surface area (Å²) in [6, 6.07) is 6.53. The van der Waals surface area contributed by atoms with Crippen LogP contribution in [0.25, 0.3) is 11.3 Å².